The quantitative estimate of drug-likeness (QED) is 0.895. The van der Waals surface area contributed by atoms with Gasteiger partial charge in [-0.3, -0.25) is 0 Å². The average Bonchev–Trinajstić information content (AvgIpc) is 2.71. The Kier molecular flexibility index (Phi) is 3.26. The molecule has 82 valence electrons. The first-order valence-electron chi connectivity index (χ1n) is 4.96. The van der Waals surface area contributed by atoms with Gasteiger partial charge in [0.1, 0.15) is 11.6 Å². The Morgan fingerprint density at radius 3 is 2.93 bits per heavy atom. The molecular formula is C11H13BrFNO. The molecule has 1 saturated heterocycles. The fourth-order valence-electron chi connectivity index (χ4n) is 1.98. The molecule has 4 heteroatoms. The first-order chi connectivity index (χ1) is 7.24. The topological polar surface area (TPSA) is 21.3 Å². The minimum absolute atomic E-state index is 0.156. The third-order valence-corrected chi connectivity index (χ3v) is 3.60. The second kappa shape index (κ2) is 4.49. The summed E-state index contributed by atoms with van der Waals surface area (Å²) in [6, 6.07) is 3.11. The van der Waals surface area contributed by atoms with Gasteiger partial charge in [-0.1, -0.05) is 0 Å². The third-order valence-electron chi connectivity index (χ3n) is 2.78. The van der Waals surface area contributed by atoms with E-state index < -0.39 is 0 Å². The fraction of sp³-hybridized carbons (Fsp3) is 0.455. The first-order valence-corrected chi connectivity index (χ1v) is 5.76. The van der Waals surface area contributed by atoms with Gasteiger partial charge in [0, 0.05) is 18.0 Å². The van der Waals surface area contributed by atoms with Gasteiger partial charge in [-0.05, 0) is 41.0 Å². The molecule has 1 aliphatic rings. The summed E-state index contributed by atoms with van der Waals surface area (Å²) in [7, 11) is 1.59. The van der Waals surface area contributed by atoms with Crippen LogP contribution in [0.5, 0.6) is 5.75 Å². The number of nitrogens with one attached hydrogen (secondary N) is 1. The van der Waals surface area contributed by atoms with Crippen molar-refractivity contribution in [3.63, 3.8) is 0 Å². The first kappa shape index (κ1) is 10.9. The molecule has 0 amide bonds. The Labute approximate surface area is 96.9 Å². The maximum absolute atomic E-state index is 13.7. The number of rotatable bonds is 2. The molecule has 1 atom stereocenters. The molecule has 15 heavy (non-hydrogen) atoms. The molecule has 0 spiro atoms. The van der Waals surface area contributed by atoms with Crippen LogP contribution in [-0.4, -0.2) is 20.2 Å². The van der Waals surface area contributed by atoms with Crippen molar-refractivity contribution in [2.45, 2.75) is 12.3 Å². The van der Waals surface area contributed by atoms with Crippen LogP contribution in [0, 0.1) is 5.82 Å². The van der Waals surface area contributed by atoms with Crippen LogP contribution in [0.4, 0.5) is 4.39 Å². The average molecular weight is 274 g/mol. The van der Waals surface area contributed by atoms with Crippen molar-refractivity contribution in [1.82, 2.24) is 5.32 Å². The molecular weight excluding hydrogens is 261 g/mol. The van der Waals surface area contributed by atoms with Crippen molar-refractivity contribution in [1.29, 1.82) is 0 Å². The van der Waals surface area contributed by atoms with Crippen LogP contribution in [0.15, 0.2) is 16.6 Å². The molecule has 2 nitrogen and oxygen atoms in total. The lowest BCUT2D eigenvalue weighted by atomic mass is 9.97. The van der Waals surface area contributed by atoms with Gasteiger partial charge in [0.05, 0.1) is 11.6 Å². The Bertz CT molecular complexity index is 364. The highest BCUT2D eigenvalue weighted by molar-refractivity contribution is 9.10. The van der Waals surface area contributed by atoms with Gasteiger partial charge < -0.3 is 10.1 Å². The van der Waals surface area contributed by atoms with E-state index in [0.717, 1.165) is 29.5 Å². The lowest BCUT2D eigenvalue weighted by Gasteiger charge is -2.14. The summed E-state index contributed by atoms with van der Waals surface area (Å²) in [5.41, 5.74) is 0.736. The highest BCUT2D eigenvalue weighted by atomic mass is 79.9. The van der Waals surface area contributed by atoms with Gasteiger partial charge in [0.15, 0.2) is 0 Å². The van der Waals surface area contributed by atoms with Crippen molar-refractivity contribution >= 4 is 15.9 Å². The van der Waals surface area contributed by atoms with Crippen molar-refractivity contribution < 1.29 is 9.13 Å². The largest absolute Gasteiger partial charge is 0.496 e. The Morgan fingerprint density at radius 1 is 1.53 bits per heavy atom. The standard InChI is InChI=1S/C11H13BrFNO/c1-15-9-3-2-8(13)10(11(9)12)7-4-5-14-6-7/h2-3,7,14H,4-6H2,1H3. The summed E-state index contributed by atoms with van der Waals surface area (Å²) < 4.78 is 19.6. The molecule has 1 aromatic carbocycles. The molecule has 1 fully saturated rings. The van der Waals surface area contributed by atoms with Crippen LogP contribution in [0.1, 0.15) is 17.9 Å². The lowest BCUT2D eigenvalue weighted by molar-refractivity contribution is 0.409. The van der Waals surface area contributed by atoms with Gasteiger partial charge in [-0.25, -0.2) is 4.39 Å². The molecule has 1 heterocycles. The van der Waals surface area contributed by atoms with Crippen LogP contribution in [-0.2, 0) is 0 Å². The van der Waals surface area contributed by atoms with Crippen LogP contribution in [0.25, 0.3) is 0 Å². The van der Waals surface area contributed by atoms with Crippen LogP contribution in [0.3, 0.4) is 0 Å². The smallest absolute Gasteiger partial charge is 0.133 e. The second-order valence-corrected chi connectivity index (χ2v) is 4.46. The minimum Gasteiger partial charge on any atom is -0.496 e. The number of ether oxygens (including phenoxy) is 1. The summed E-state index contributed by atoms with van der Waals surface area (Å²) in [5, 5.41) is 3.23. The van der Waals surface area contributed by atoms with Gasteiger partial charge in [-0.2, -0.15) is 0 Å². The van der Waals surface area contributed by atoms with Gasteiger partial charge in [0.2, 0.25) is 0 Å². The van der Waals surface area contributed by atoms with E-state index in [9.17, 15) is 4.39 Å². The molecule has 0 aromatic heterocycles. The lowest BCUT2D eigenvalue weighted by Crippen LogP contribution is -2.09. The molecule has 0 bridgehead atoms. The van der Waals surface area contributed by atoms with E-state index in [0.29, 0.717) is 5.75 Å². The highest BCUT2D eigenvalue weighted by Gasteiger charge is 2.24. The van der Waals surface area contributed by atoms with Crippen LogP contribution < -0.4 is 10.1 Å². The predicted octanol–water partition coefficient (Wildman–Crippen LogP) is 2.67. The molecule has 0 aliphatic carbocycles. The summed E-state index contributed by atoms with van der Waals surface area (Å²) in [6.45, 7) is 1.79. The molecule has 0 saturated carbocycles. The van der Waals surface area contributed by atoms with E-state index in [4.69, 9.17) is 4.74 Å². The molecule has 1 aromatic rings. The molecule has 1 N–H and O–H groups in total. The van der Waals surface area contributed by atoms with Crippen molar-refractivity contribution in [3.8, 4) is 5.75 Å². The van der Waals surface area contributed by atoms with Crippen molar-refractivity contribution in [2.24, 2.45) is 0 Å². The normalized spacial score (nSPS) is 20.6. The summed E-state index contributed by atoms with van der Waals surface area (Å²) in [6.07, 6.45) is 0.975. The Hall–Kier alpha value is -0.610. The summed E-state index contributed by atoms with van der Waals surface area (Å²) in [4.78, 5) is 0. The van der Waals surface area contributed by atoms with Gasteiger partial charge >= 0.3 is 0 Å². The maximum atomic E-state index is 13.7. The number of methoxy groups -OCH3 is 1. The van der Waals surface area contributed by atoms with E-state index in [1.165, 1.54) is 6.07 Å². The summed E-state index contributed by atoms with van der Waals surface area (Å²) in [5.74, 6) is 0.782. The third kappa shape index (κ3) is 2.01. The molecule has 1 unspecified atom stereocenters. The van der Waals surface area contributed by atoms with E-state index >= 15 is 0 Å². The monoisotopic (exact) mass is 273 g/mol. The Morgan fingerprint density at radius 2 is 2.33 bits per heavy atom. The number of benzene rings is 1. The van der Waals surface area contributed by atoms with Gasteiger partial charge in [0.25, 0.3) is 0 Å². The van der Waals surface area contributed by atoms with E-state index in [-0.39, 0.29) is 11.7 Å². The van der Waals surface area contributed by atoms with Crippen molar-refractivity contribution in [3.05, 3.63) is 28.0 Å². The highest BCUT2D eigenvalue weighted by Crippen LogP contribution is 2.37. The molecule has 0 radical (unpaired) electrons. The number of halogens is 2. The number of hydrogen-bond acceptors (Lipinski definition) is 2. The van der Waals surface area contributed by atoms with E-state index in [2.05, 4.69) is 21.2 Å². The zero-order valence-electron chi connectivity index (χ0n) is 8.52. The second-order valence-electron chi connectivity index (χ2n) is 3.67. The molecule has 2 rings (SSSR count). The maximum Gasteiger partial charge on any atom is 0.133 e. The molecule has 1 aliphatic heterocycles. The fourth-order valence-corrected chi connectivity index (χ4v) is 2.79. The van der Waals surface area contributed by atoms with Crippen LogP contribution in [0.2, 0.25) is 0 Å². The zero-order chi connectivity index (χ0) is 10.8. The van der Waals surface area contributed by atoms with Gasteiger partial charge in [-0.15, -0.1) is 0 Å². The minimum atomic E-state index is -0.156. The zero-order valence-corrected chi connectivity index (χ0v) is 10.1. The SMILES string of the molecule is COc1ccc(F)c(C2CCNC2)c1Br. The van der Waals surface area contributed by atoms with E-state index in [1.54, 1.807) is 13.2 Å². The number of hydrogen-bond donors (Lipinski definition) is 1. The predicted molar refractivity (Wildman–Crippen MR) is 60.9 cm³/mol. The Balaban J connectivity index is 2.43. The summed E-state index contributed by atoms with van der Waals surface area (Å²) >= 11 is 3.41. The van der Waals surface area contributed by atoms with Crippen LogP contribution >= 0.6 is 15.9 Å². The van der Waals surface area contributed by atoms with E-state index in [1.807, 2.05) is 0 Å². The van der Waals surface area contributed by atoms with Crippen molar-refractivity contribution in [2.75, 3.05) is 20.2 Å².